The molecule has 136 valence electrons. The van der Waals surface area contributed by atoms with Gasteiger partial charge < -0.3 is 15.5 Å². The highest BCUT2D eigenvalue weighted by Gasteiger charge is 2.14. The fraction of sp³-hybridized carbons (Fsp3) is 0.550. The topological polar surface area (TPSA) is 42.9 Å². The van der Waals surface area contributed by atoms with E-state index in [2.05, 4.69) is 68.9 Å². The summed E-state index contributed by atoms with van der Waals surface area (Å²) in [5, 5.41) is 6.88. The van der Waals surface area contributed by atoms with Crippen molar-refractivity contribution in [2.75, 3.05) is 40.3 Å². The Balaban J connectivity index is 1.43. The molecule has 1 fully saturated rings. The zero-order valence-electron chi connectivity index (χ0n) is 15.5. The number of hydrogen-bond donors (Lipinski definition) is 2. The van der Waals surface area contributed by atoms with Crippen LogP contribution in [0.25, 0.3) is 0 Å². The molecule has 5 heteroatoms. The van der Waals surface area contributed by atoms with Gasteiger partial charge in [0.05, 0.1) is 0 Å². The zero-order chi connectivity index (χ0) is 17.5. The molecule has 0 radical (unpaired) electrons. The average Bonchev–Trinajstić information content (AvgIpc) is 3.15. The molecule has 1 aromatic rings. The summed E-state index contributed by atoms with van der Waals surface area (Å²) in [6.45, 7) is 6.53. The van der Waals surface area contributed by atoms with Gasteiger partial charge in [0.25, 0.3) is 0 Å². The lowest BCUT2D eigenvalue weighted by Crippen LogP contribution is -2.43. The average molecular weight is 342 g/mol. The maximum atomic E-state index is 4.32. The standard InChI is InChI=1S/C20H31N5/c1-21-20(23-19-5-3-4-6-19)22-15-17-7-9-18(10-8-17)16-25-13-11-24(2)12-14-25/h3-4,7-10,19H,5-6,11-16H2,1-2H3,(H2,21,22,23). The van der Waals surface area contributed by atoms with Crippen molar-refractivity contribution in [3.8, 4) is 0 Å². The van der Waals surface area contributed by atoms with Crippen molar-refractivity contribution in [2.24, 2.45) is 4.99 Å². The number of rotatable bonds is 5. The number of likely N-dealkylation sites (N-methyl/N-ethyl adjacent to an activating group) is 1. The number of nitrogens with zero attached hydrogens (tertiary/aromatic N) is 3. The van der Waals surface area contributed by atoms with Gasteiger partial charge in [-0.2, -0.15) is 0 Å². The van der Waals surface area contributed by atoms with Crippen molar-refractivity contribution in [2.45, 2.75) is 32.0 Å². The lowest BCUT2D eigenvalue weighted by Gasteiger charge is -2.32. The summed E-state index contributed by atoms with van der Waals surface area (Å²) >= 11 is 0. The molecule has 0 atom stereocenters. The summed E-state index contributed by atoms with van der Waals surface area (Å²) in [7, 11) is 4.03. The molecule has 1 saturated heterocycles. The predicted molar refractivity (Wildman–Crippen MR) is 105 cm³/mol. The van der Waals surface area contributed by atoms with Crippen LogP contribution in [0.5, 0.6) is 0 Å². The Kier molecular flexibility index (Phi) is 6.48. The van der Waals surface area contributed by atoms with Crippen molar-refractivity contribution in [1.82, 2.24) is 20.4 Å². The van der Waals surface area contributed by atoms with E-state index in [1.807, 2.05) is 7.05 Å². The van der Waals surface area contributed by atoms with E-state index in [1.165, 1.54) is 24.2 Å². The predicted octanol–water partition coefficient (Wildman–Crippen LogP) is 1.82. The van der Waals surface area contributed by atoms with Crippen LogP contribution in [0.15, 0.2) is 41.4 Å². The second-order valence-corrected chi connectivity index (χ2v) is 7.11. The first-order chi connectivity index (χ1) is 12.2. The van der Waals surface area contributed by atoms with Gasteiger partial charge in [-0.15, -0.1) is 0 Å². The third-order valence-corrected chi connectivity index (χ3v) is 5.06. The molecule has 2 aliphatic rings. The van der Waals surface area contributed by atoms with E-state index in [0.29, 0.717) is 6.04 Å². The fourth-order valence-corrected chi connectivity index (χ4v) is 3.34. The highest BCUT2D eigenvalue weighted by atomic mass is 15.2. The van der Waals surface area contributed by atoms with E-state index < -0.39 is 0 Å². The number of benzene rings is 1. The summed E-state index contributed by atoms with van der Waals surface area (Å²) in [6.07, 6.45) is 6.62. The highest BCUT2D eigenvalue weighted by molar-refractivity contribution is 5.80. The van der Waals surface area contributed by atoms with Gasteiger partial charge in [0.15, 0.2) is 5.96 Å². The van der Waals surface area contributed by atoms with Gasteiger partial charge in [0, 0.05) is 52.4 Å². The minimum Gasteiger partial charge on any atom is -0.353 e. The number of piperazine rings is 1. The molecule has 1 heterocycles. The molecule has 2 N–H and O–H groups in total. The van der Waals surface area contributed by atoms with E-state index in [4.69, 9.17) is 0 Å². The van der Waals surface area contributed by atoms with Crippen molar-refractivity contribution >= 4 is 5.96 Å². The first-order valence-electron chi connectivity index (χ1n) is 9.34. The molecule has 0 saturated carbocycles. The maximum absolute atomic E-state index is 4.32. The fourth-order valence-electron chi connectivity index (χ4n) is 3.34. The van der Waals surface area contributed by atoms with E-state index in [9.17, 15) is 0 Å². The van der Waals surface area contributed by atoms with Crippen molar-refractivity contribution in [1.29, 1.82) is 0 Å². The van der Waals surface area contributed by atoms with Gasteiger partial charge in [0.1, 0.15) is 0 Å². The molecule has 1 aromatic carbocycles. The summed E-state index contributed by atoms with van der Waals surface area (Å²) in [5.41, 5.74) is 2.68. The molecular formula is C20H31N5. The molecule has 0 amide bonds. The molecule has 1 aliphatic carbocycles. The van der Waals surface area contributed by atoms with Gasteiger partial charge >= 0.3 is 0 Å². The molecule has 0 spiro atoms. The maximum Gasteiger partial charge on any atom is 0.191 e. The largest absolute Gasteiger partial charge is 0.353 e. The SMILES string of the molecule is CN=C(NCc1ccc(CN2CCN(C)CC2)cc1)NC1CC=CC1. The highest BCUT2D eigenvalue weighted by Crippen LogP contribution is 2.10. The Labute approximate surface area is 151 Å². The molecule has 3 rings (SSSR count). The summed E-state index contributed by atoms with van der Waals surface area (Å²) in [6, 6.07) is 9.45. The Morgan fingerprint density at radius 1 is 1.04 bits per heavy atom. The van der Waals surface area contributed by atoms with Gasteiger partial charge in [-0.05, 0) is 31.0 Å². The number of guanidine groups is 1. The zero-order valence-corrected chi connectivity index (χ0v) is 15.5. The second kappa shape index (κ2) is 9.02. The van der Waals surface area contributed by atoms with Crippen molar-refractivity contribution in [3.63, 3.8) is 0 Å². The van der Waals surface area contributed by atoms with Gasteiger partial charge in [-0.3, -0.25) is 9.89 Å². The third kappa shape index (κ3) is 5.58. The van der Waals surface area contributed by atoms with Crippen molar-refractivity contribution in [3.05, 3.63) is 47.5 Å². The normalized spacial score (nSPS) is 20.2. The van der Waals surface area contributed by atoms with Crippen LogP contribution in [0, 0.1) is 0 Å². The van der Waals surface area contributed by atoms with E-state index in [0.717, 1.165) is 45.0 Å². The lowest BCUT2D eigenvalue weighted by atomic mass is 10.1. The molecule has 1 aliphatic heterocycles. The Morgan fingerprint density at radius 2 is 1.68 bits per heavy atom. The number of nitrogens with one attached hydrogen (secondary N) is 2. The quantitative estimate of drug-likeness (QED) is 0.487. The Hall–Kier alpha value is -1.85. The molecule has 0 aromatic heterocycles. The molecule has 5 nitrogen and oxygen atoms in total. The summed E-state index contributed by atoms with van der Waals surface area (Å²) < 4.78 is 0. The number of aliphatic imine (C=N–C) groups is 1. The van der Waals surface area contributed by atoms with Crippen LogP contribution < -0.4 is 10.6 Å². The van der Waals surface area contributed by atoms with E-state index >= 15 is 0 Å². The molecule has 25 heavy (non-hydrogen) atoms. The van der Waals surface area contributed by atoms with Crippen LogP contribution in [0.1, 0.15) is 24.0 Å². The molecule has 0 unspecified atom stereocenters. The summed E-state index contributed by atoms with van der Waals surface area (Å²) in [4.78, 5) is 9.26. The monoisotopic (exact) mass is 341 g/mol. The first-order valence-corrected chi connectivity index (χ1v) is 9.34. The summed E-state index contributed by atoms with van der Waals surface area (Å²) in [5.74, 6) is 0.884. The van der Waals surface area contributed by atoms with Crippen LogP contribution in [0.4, 0.5) is 0 Å². The third-order valence-electron chi connectivity index (χ3n) is 5.06. The van der Waals surface area contributed by atoms with Crippen LogP contribution in [-0.4, -0.2) is 62.1 Å². The van der Waals surface area contributed by atoms with Crippen LogP contribution >= 0.6 is 0 Å². The lowest BCUT2D eigenvalue weighted by molar-refractivity contribution is 0.148. The molecular weight excluding hydrogens is 310 g/mol. The second-order valence-electron chi connectivity index (χ2n) is 7.11. The Morgan fingerprint density at radius 3 is 2.32 bits per heavy atom. The van der Waals surface area contributed by atoms with Gasteiger partial charge in [0.2, 0.25) is 0 Å². The van der Waals surface area contributed by atoms with E-state index in [1.54, 1.807) is 0 Å². The van der Waals surface area contributed by atoms with Crippen LogP contribution in [0.3, 0.4) is 0 Å². The first kappa shape index (κ1) is 18.0. The van der Waals surface area contributed by atoms with Gasteiger partial charge in [-0.1, -0.05) is 36.4 Å². The number of hydrogen-bond acceptors (Lipinski definition) is 3. The minimum atomic E-state index is 0.483. The van der Waals surface area contributed by atoms with Crippen molar-refractivity contribution < 1.29 is 0 Å². The minimum absolute atomic E-state index is 0.483. The van der Waals surface area contributed by atoms with Crippen LogP contribution in [0.2, 0.25) is 0 Å². The van der Waals surface area contributed by atoms with E-state index in [-0.39, 0.29) is 0 Å². The smallest absolute Gasteiger partial charge is 0.191 e. The molecule has 0 bridgehead atoms. The van der Waals surface area contributed by atoms with Crippen LogP contribution in [-0.2, 0) is 13.1 Å². The Bertz CT molecular complexity index is 577. The van der Waals surface area contributed by atoms with Gasteiger partial charge in [-0.25, -0.2) is 0 Å².